The van der Waals surface area contributed by atoms with Crippen molar-refractivity contribution in [2.75, 3.05) is 11.9 Å². The molecule has 1 aliphatic rings. The van der Waals surface area contributed by atoms with E-state index in [4.69, 9.17) is 5.11 Å². The van der Waals surface area contributed by atoms with Gasteiger partial charge in [0.25, 0.3) is 0 Å². The summed E-state index contributed by atoms with van der Waals surface area (Å²) in [4.78, 5) is 11.0. The SMILES string of the molecule is CC(=Cc1c(C)c(F)c(-c2ccc(NCC3CC3)cc2)c(C)c1F)C(=O)O. The highest BCUT2D eigenvalue weighted by molar-refractivity contribution is 5.92. The lowest BCUT2D eigenvalue weighted by Crippen LogP contribution is -2.04. The Labute approximate surface area is 157 Å². The molecule has 5 heteroatoms. The molecule has 3 nitrogen and oxygen atoms in total. The smallest absolute Gasteiger partial charge is 0.331 e. The summed E-state index contributed by atoms with van der Waals surface area (Å²) in [7, 11) is 0. The van der Waals surface area contributed by atoms with Gasteiger partial charge in [-0.05, 0) is 74.4 Å². The Balaban J connectivity index is 1.98. The summed E-state index contributed by atoms with van der Waals surface area (Å²) in [6, 6.07) is 7.29. The summed E-state index contributed by atoms with van der Waals surface area (Å²) in [6.07, 6.45) is 3.70. The fraction of sp³-hybridized carbons (Fsp3) is 0.318. The molecular formula is C22H23F2NO2. The first-order chi connectivity index (χ1) is 12.8. The molecule has 0 heterocycles. The van der Waals surface area contributed by atoms with Crippen LogP contribution >= 0.6 is 0 Å². The van der Waals surface area contributed by atoms with Gasteiger partial charge in [-0.25, -0.2) is 13.6 Å². The number of hydrogen-bond acceptors (Lipinski definition) is 2. The van der Waals surface area contributed by atoms with Crippen molar-refractivity contribution in [2.45, 2.75) is 33.6 Å². The number of nitrogens with one attached hydrogen (secondary N) is 1. The van der Waals surface area contributed by atoms with Gasteiger partial charge in [0.2, 0.25) is 0 Å². The van der Waals surface area contributed by atoms with Crippen molar-refractivity contribution >= 4 is 17.7 Å². The highest BCUT2D eigenvalue weighted by atomic mass is 19.1. The molecule has 0 atom stereocenters. The van der Waals surface area contributed by atoms with E-state index in [1.54, 1.807) is 12.1 Å². The van der Waals surface area contributed by atoms with Crippen LogP contribution in [0.25, 0.3) is 17.2 Å². The molecule has 1 saturated carbocycles. The first kappa shape index (κ1) is 19.1. The molecule has 0 spiro atoms. The largest absolute Gasteiger partial charge is 0.478 e. The van der Waals surface area contributed by atoms with Crippen molar-refractivity contribution < 1.29 is 18.7 Å². The van der Waals surface area contributed by atoms with E-state index < -0.39 is 17.6 Å². The van der Waals surface area contributed by atoms with E-state index in [9.17, 15) is 9.18 Å². The summed E-state index contributed by atoms with van der Waals surface area (Å²) in [5, 5.41) is 12.4. The van der Waals surface area contributed by atoms with Crippen molar-refractivity contribution in [1.29, 1.82) is 0 Å². The van der Waals surface area contributed by atoms with Gasteiger partial charge in [-0.3, -0.25) is 0 Å². The molecule has 1 fully saturated rings. The number of carboxylic acids is 1. The molecule has 3 rings (SSSR count). The van der Waals surface area contributed by atoms with E-state index in [1.165, 1.54) is 39.7 Å². The highest BCUT2D eigenvalue weighted by Crippen LogP contribution is 2.35. The van der Waals surface area contributed by atoms with Crippen LogP contribution in [0.4, 0.5) is 14.5 Å². The Bertz CT molecular complexity index is 884. The standard InChI is InChI=1S/C22H23F2NO2/c1-12(22(26)27)10-18-13(2)21(24)19(14(3)20(18)23)16-6-8-17(9-7-16)25-11-15-4-5-15/h6-10,15,25H,4-5,11H2,1-3H3,(H,26,27). The number of halogens is 2. The molecule has 0 radical (unpaired) electrons. The Morgan fingerprint density at radius 1 is 1.15 bits per heavy atom. The van der Waals surface area contributed by atoms with Crippen LogP contribution in [0.15, 0.2) is 29.8 Å². The summed E-state index contributed by atoms with van der Waals surface area (Å²) >= 11 is 0. The van der Waals surface area contributed by atoms with Crippen molar-refractivity contribution in [3.05, 3.63) is 58.2 Å². The van der Waals surface area contributed by atoms with Gasteiger partial charge in [0.05, 0.1) is 0 Å². The Hall–Kier alpha value is -2.69. The minimum absolute atomic E-state index is 0.0172. The molecular weight excluding hydrogens is 348 g/mol. The molecule has 27 heavy (non-hydrogen) atoms. The van der Waals surface area contributed by atoms with Gasteiger partial charge in [0.15, 0.2) is 0 Å². The molecule has 0 aromatic heterocycles. The van der Waals surface area contributed by atoms with Crippen molar-refractivity contribution in [2.24, 2.45) is 5.92 Å². The van der Waals surface area contributed by atoms with Crippen LogP contribution in [-0.4, -0.2) is 17.6 Å². The third-order valence-electron chi connectivity index (χ3n) is 5.06. The molecule has 0 aliphatic heterocycles. The molecule has 2 aromatic rings. The molecule has 0 bridgehead atoms. The molecule has 1 aliphatic carbocycles. The minimum atomic E-state index is -1.16. The number of benzene rings is 2. The van der Waals surface area contributed by atoms with Crippen LogP contribution in [0.2, 0.25) is 0 Å². The lowest BCUT2D eigenvalue weighted by molar-refractivity contribution is -0.132. The predicted octanol–water partition coefficient (Wildman–Crippen LogP) is 5.56. The number of anilines is 1. The van der Waals surface area contributed by atoms with Gasteiger partial charge < -0.3 is 10.4 Å². The fourth-order valence-corrected chi connectivity index (χ4v) is 3.08. The summed E-state index contributed by atoms with van der Waals surface area (Å²) < 4.78 is 29.9. The van der Waals surface area contributed by atoms with Crippen LogP contribution < -0.4 is 5.32 Å². The quantitative estimate of drug-likeness (QED) is 0.654. The molecule has 2 N–H and O–H groups in total. The van der Waals surface area contributed by atoms with Crippen molar-refractivity contribution in [3.8, 4) is 11.1 Å². The third-order valence-corrected chi connectivity index (χ3v) is 5.06. The number of carbonyl (C=O) groups is 1. The summed E-state index contributed by atoms with van der Waals surface area (Å²) in [6.45, 7) is 5.27. The Morgan fingerprint density at radius 2 is 1.78 bits per heavy atom. The second-order valence-corrected chi connectivity index (χ2v) is 7.20. The average molecular weight is 371 g/mol. The van der Waals surface area contributed by atoms with Crippen LogP contribution in [0.3, 0.4) is 0 Å². The summed E-state index contributed by atoms with van der Waals surface area (Å²) in [5.41, 5.74) is 1.97. The predicted molar refractivity (Wildman–Crippen MR) is 104 cm³/mol. The first-order valence-electron chi connectivity index (χ1n) is 9.03. The zero-order valence-corrected chi connectivity index (χ0v) is 15.7. The lowest BCUT2D eigenvalue weighted by Gasteiger charge is -2.15. The van der Waals surface area contributed by atoms with Crippen LogP contribution in [0, 0.1) is 31.4 Å². The summed E-state index contributed by atoms with van der Waals surface area (Å²) in [5.74, 6) is -1.54. The normalized spacial score (nSPS) is 14.3. The average Bonchev–Trinajstić information content (AvgIpc) is 3.47. The van der Waals surface area contributed by atoms with E-state index in [0.717, 1.165) is 18.2 Å². The van der Waals surface area contributed by atoms with E-state index in [2.05, 4.69) is 5.32 Å². The van der Waals surface area contributed by atoms with Crippen molar-refractivity contribution in [3.63, 3.8) is 0 Å². The van der Waals surface area contributed by atoms with Crippen LogP contribution in [0.5, 0.6) is 0 Å². The lowest BCUT2D eigenvalue weighted by atomic mass is 9.92. The van der Waals surface area contributed by atoms with Gasteiger partial charge in [-0.1, -0.05) is 12.1 Å². The van der Waals surface area contributed by atoms with Gasteiger partial charge in [-0.15, -0.1) is 0 Å². The fourth-order valence-electron chi connectivity index (χ4n) is 3.08. The van der Waals surface area contributed by atoms with Crippen LogP contribution in [0.1, 0.15) is 36.5 Å². The molecule has 0 unspecified atom stereocenters. The molecule has 142 valence electrons. The number of carboxylic acid groups (broad SMARTS) is 1. The number of hydrogen-bond donors (Lipinski definition) is 2. The first-order valence-corrected chi connectivity index (χ1v) is 9.03. The third kappa shape index (κ3) is 4.02. The van der Waals surface area contributed by atoms with E-state index >= 15 is 4.39 Å². The van der Waals surface area contributed by atoms with Crippen LogP contribution in [-0.2, 0) is 4.79 Å². The monoisotopic (exact) mass is 371 g/mol. The zero-order chi connectivity index (χ0) is 19.7. The second-order valence-electron chi connectivity index (χ2n) is 7.20. The van der Waals surface area contributed by atoms with Gasteiger partial charge in [-0.2, -0.15) is 0 Å². The van der Waals surface area contributed by atoms with Gasteiger partial charge in [0, 0.05) is 28.9 Å². The molecule has 2 aromatic carbocycles. The van der Waals surface area contributed by atoms with Gasteiger partial charge >= 0.3 is 5.97 Å². The number of aliphatic carboxylic acids is 1. The maximum absolute atomic E-state index is 15.0. The topological polar surface area (TPSA) is 49.3 Å². The van der Waals surface area contributed by atoms with E-state index in [0.29, 0.717) is 5.56 Å². The Morgan fingerprint density at radius 3 is 2.33 bits per heavy atom. The van der Waals surface area contributed by atoms with E-state index in [1.807, 2.05) is 12.1 Å². The maximum atomic E-state index is 15.0. The molecule has 0 saturated heterocycles. The zero-order valence-electron chi connectivity index (χ0n) is 15.7. The van der Waals surface area contributed by atoms with Gasteiger partial charge in [0.1, 0.15) is 11.6 Å². The van der Waals surface area contributed by atoms with E-state index in [-0.39, 0.29) is 27.8 Å². The van der Waals surface area contributed by atoms with Crippen molar-refractivity contribution in [1.82, 2.24) is 0 Å². The highest BCUT2D eigenvalue weighted by Gasteiger charge is 2.22. The molecule has 0 amide bonds. The Kier molecular flexibility index (Phi) is 5.31. The minimum Gasteiger partial charge on any atom is -0.478 e. The second kappa shape index (κ2) is 7.51. The number of rotatable bonds is 6. The maximum Gasteiger partial charge on any atom is 0.331 e.